The Morgan fingerprint density at radius 1 is 1.19 bits per heavy atom. The lowest BCUT2D eigenvalue weighted by atomic mass is 9.68. The third-order valence-corrected chi connectivity index (χ3v) is 6.75. The molecule has 168 valence electrons. The van der Waals surface area contributed by atoms with Gasteiger partial charge in [0.05, 0.1) is 24.1 Å². The average molecular weight is 446 g/mol. The summed E-state index contributed by atoms with van der Waals surface area (Å²) in [6.07, 6.45) is 3.04. The van der Waals surface area contributed by atoms with Crippen LogP contribution in [0.1, 0.15) is 32.8 Å². The summed E-state index contributed by atoms with van der Waals surface area (Å²) in [4.78, 5) is 27.3. The summed E-state index contributed by atoms with van der Waals surface area (Å²) in [5, 5.41) is 0. The second-order valence-corrected chi connectivity index (χ2v) is 14.8. The van der Waals surface area contributed by atoms with Crippen LogP contribution in [0, 0.1) is 0 Å². The number of hydrogen-bond donors (Lipinski definition) is 0. The van der Waals surface area contributed by atoms with E-state index in [4.69, 9.17) is 18.6 Å². The number of hydrogen-bond acceptors (Lipinski definition) is 6. The van der Waals surface area contributed by atoms with Crippen LogP contribution in [0.3, 0.4) is 0 Å². The summed E-state index contributed by atoms with van der Waals surface area (Å²) < 4.78 is 23.5. The molecular formula is C23H31NO6Si. The summed E-state index contributed by atoms with van der Waals surface area (Å²) in [5.74, 6) is 1.35. The highest BCUT2D eigenvalue weighted by Crippen LogP contribution is 2.49. The van der Waals surface area contributed by atoms with E-state index in [9.17, 15) is 9.59 Å². The maximum Gasteiger partial charge on any atom is 0.410 e. The molecule has 1 aromatic rings. The van der Waals surface area contributed by atoms with Crippen molar-refractivity contribution in [3.8, 4) is 11.5 Å². The SMILES string of the molecule is CC(C)(C)OC(=O)N1C[C@H](O[Si](C)(C)C)[C@]2(c3ccc4c(c3)OCO4)C=CC(=O)C[C@H]12. The number of benzene rings is 1. The zero-order valence-corrected chi connectivity index (χ0v) is 20.1. The third-order valence-electron chi connectivity index (χ3n) is 5.76. The van der Waals surface area contributed by atoms with Crippen LogP contribution in [-0.2, 0) is 19.4 Å². The molecule has 3 aliphatic rings. The molecule has 2 aliphatic heterocycles. The van der Waals surface area contributed by atoms with Gasteiger partial charge >= 0.3 is 6.09 Å². The van der Waals surface area contributed by atoms with Gasteiger partial charge < -0.3 is 23.5 Å². The molecule has 0 unspecified atom stereocenters. The number of fused-ring (bicyclic) bond motifs is 2. The first-order valence-electron chi connectivity index (χ1n) is 10.7. The van der Waals surface area contributed by atoms with Crippen molar-refractivity contribution in [2.24, 2.45) is 0 Å². The Morgan fingerprint density at radius 3 is 2.58 bits per heavy atom. The van der Waals surface area contributed by atoms with Crippen molar-refractivity contribution in [2.45, 2.75) is 70.0 Å². The second-order valence-electron chi connectivity index (χ2n) is 10.4. The Balaban J connectivity index is 1.83. The fourth-order valence-electron chi connectivity index (χ4n) is 4.64. The van der Waals surface area contributed by atoms with E-state index >= 15 is 0 Å². The Hall–Kier alpha value is -2.32. The minimum atomic E-state index is -1.98. The van der Waals surface area contributed by atoms with Gasteiger partial charge in [0, 0.05) is 6.42 Å². The number of nitrogens with zero attached hydrogens (tertiary/aromatic N) is 1. The molecule has 0 spiro atoms. The standard InChI is InChI=1S/C23H31NO6Si/c1-22(2,3)29-21(26)24-13-20(30-31(4,5)6)23(10-9-16(25)12-19(23)24)15-7-8-17-18(11-15)28-14-27-17/h7-11,19-20H,12-14H2,1-6H3/t19-,20-,23-/m0/s1. The van der Waals surface area contributed by atoms with Crippen molar-refractivity contribution in [1.82, 2.24) is 4.90 Å². The monoisotopic (exact) mass is 445 g/mol. The molecule has 0 N–H and O–H groups in total. The van der Waals surface area contributed by atoms with Crippen molar-refractivity contribution in [2.75, 3.05) is 13.3 Å². The minimum absolute atomic E-state index is 0.0106. The molecule has 1 fully saturated rings. The molecule has 0 bridgehead atoms. The van der Waals surface area contributed by atoms with Gasteiger partial charge in [-0.3, -0.25) is 4.79 Å². The third kappa shape index (κ3) is 4.10. The minimum Gasteiger partial charge on any atom is -0.454 e. The summed E-state index contributed by atoms with van der Waals surface area (Å²) in [7, 11) is -1.98. The maximum atomic E-state index is 13.2. The molecular weight excluding hydrogens is 414 g/mol. The summed E-state index contributed by atoms with van der Waals surface area (Å²) >= 11 is 0. The van der Waals surface area contributed by atoms with Crippen LogP contribution in [-0.4, -0.2) is 56.2 Å². The van der Waals surface area contributed by atoms with E-state index in [1.807, 2.05) is 45.0 Å². The van der Waals surface area contributed by atoms with E-state index in [0.29, 0.717) is 18.0 Å². The highest BCUT2D eigenvalue weighted by Gasteiger charge is 2.59. The van der Waals surface area contributed by atoms with Gasteiger partial charge in [-0.25, -0.2) is 4.79 Å². The normalized spacial score (nSPS) is 27.4. The zero-order chi connectivity index (χ0) is 22.6. The Labute approximate surface area is 184 Å². The second kappa shape index (κ2) is 7.38. The lowest BCUT2D eigenvalue weighted by Crippen LogP contribution is -2.52. The van der Waals surface area contributed by atoms with Crippen molar-refractivity contribution in [1.29, 1.82) is 0 Å². The molecule has 0 saturated carbocycles. The number of carbonyl (C=O) groups is 2. The Morgan fingerprint density at radius 2 is 1.90 bits per heavy atom. The smallest absolute Gasteiger partial charge is 0.410 e. The van der Waals surface area contributed by atoms with Crippen LogP contribution in [0.25, 0.3) is 0 Å². The molecule has 1 amide bonds. The zero-order valence-electron chi connectivity index (χ0n) is 19.1. The van der Waals surface area contributed by atoms with E-state index in [0.717, 1.165) is 5.56 Å². The van der Waals surface area contributed by atoms with E-state index in [1.54, 1.807) is 11.0 Å². The highest BCUT2D eigenvalue weighted by atomic mass is 28.4. The van der Waals surface area contributed by atoms with Crippen LogP contribution >= 0.6 is 0 Å². The topological polar surface area (TPSA) is 74.3 Å². The quantitative estimate of drug-likeness (QED) is 0.654. The number of rotatable bonds is 3. The number of allylic oxidation sites excluding steroid dienone is 1. The van der Waals surface area contributed by atoms with Crippen LogP contribution in [0.2, 0.25) is 19.6 Å². The summed E-state index contributed by atoms with van der Waals surface area (Å²) in [6, 6.07) is 5.42. The molecule has 0 radical (unpaired) electrons. The molecule has 0 aromatic heterocycles. The fourth-order valence-corrected chi connectivity index (χ4v) is 5.76. The van der Waals surface area contributed by atoms with Crippen molar-refractivity contribution < 1.29 is 28.2 Å². The van der Waals surface area contributed by atoms with E-state index in [-0.39, 0.29) is 25.1 Å². The first-order chi connectivity index (χ1) is 14.4. The summed E-state index contributed by atoms with van der Waals surface area (Å²) in [6.45, 7) is 12.4. The molecule has 8 heteroatoms. The number of ether oxygens (including phenoxy) is 3. The van der Waals surface area contributed by atoms with Crippen LogP contribution in [0.15, 0.2) is 30.4 Å². The maximum absolute atomic E-state index is 13.2. The van der Waals surface area contributed by atoms with E-state index < -0.39 is 31.5 Å². The molecule has 2 heterocycles. The molecule has 4 rings (SSSR count). The number of amides is 1. The van der Waals surface area contributed by atoms with Gasteiger partial charge in [-0.05, 0) is 64.2 Å². The van der Waals surface area contributed by atoms with Crippen LogP contribution in [0.5, 0.6) is 11.5 Å². The van der Waals surface area contributed by atoms with E-state index in [1.165, 1.54) is 0 Å². The molecule has 31 heavy (non-hydrogen) atoms. The van der Waals surface area contributed by atoms with Crippen molar-refractivity contribution in [3.05, 3.63) is 35.9 Å². The van der Waals surface area contributed by atoms with Gasteiger partial charge in [0.25, 0.3) is 0 Å². The Kier molecular flexibility index (Phi) is 5.21. The fraction of sp³-hybridized carbons (Fsp3) is 0.565. The van der Waals surface area contributed by atoms with Gasteiger partial charge in [-0.1, -0.05) is 12.1 Å². The van der Waals surface area contributed by atoms with Crippen LogP contribution < -0.4 is 9.47 Å². The van der Waals surface area contributed by atoms with Crippen molar-refractivity contribution >= 4 is 20.2 Å². The number of likely N-dealkylation sites (tertiary alicyclic amines) is 1. The predicted octanol–water partition coefficient (Wildman–Crippen LogP) is 4.02. The first kappa shape index (κ1) is 21.9. The number of ketones is 1. The molecule has 1 aromatic carbocycles. The van der Waals surface area contributed by atoms with Gasteiger partial charge in [0.1, 0.15) is 5.60 Å². The number of carbonyl (C=O) groups excluding carboxylic acids is 2. The molecule has 7 nitrogen and oxygen atoms in total. The highest BCUT2D eigenvalue weighted by molar-refractivity contribution is 6.69. The van der Waals surface area contributed by atoms with Gasteiger partial charge in [-0.2, -0.15) is 0 Å². The average Bonchev–Trinajstić information content (AvgIpc) is 3.21. The van der Waals surface area contributed by atoms with E-state index in [2.05, 4.69) is 19.6 Å². The van der Waals surface area contributed by atoms with Crippen LogP contribution in [0.4, 0.5) is 4.79 Å². The first-order valence-corrected chi connectivity index (χ1v) is 14.1. The molecule has 1 aliphatic carbocycles. The Bertz CT molecular complexity index is 931. The summed E-state index contributed by atoms with van der Waals surface area (Å²) in [5.41, 5.74) is -0.364. The van der Waals surface area contributed by atoms with Gasteiger partial charge in [0.15, 0.2) is 25.6 Å². The largest absolute Gasteiger partial charge is 0.454 e. The molecule has 1 saturated heterocycles. The lowest BCUT2D eigenvalue weighted by molar-refractivity contribution is -0.116. The lowest BCUT2D eigenvalue weighted by Gasteiger charge is -2.42. The van der Waals surface area contributed by atoms with Gasteiger partial charge in [-0.15, -0.1) is 0 Å². The predicted molar refractivity (Wildman–Crippen MR) is 118 cm³/mol. The van der Waals surface area contributed by atoms with Gasteiger partial charge in [0.2, 0.25) is 6.79 Å². The molecule has 3 atom stereocenters. The van der Waals surface area contributed by atoms with Crippen molar-refractivity contribution in [3.63, 3.8) is 0 Å².